The topological polar surface area (TPSA) is 33.1 Å². The van der Waals surface area contributed by atoms with E-state index in [0.29, 0.717) is 5.52 Å². The quantitative estimate of drug-likeness (QED) is 0.374. The van der Waals surface area contributed by atoms with Crippen molar-refractivity contribution in [1.82, 2.24) is 4.98 Å². The number of benzene rings is 4. The first-order chi connectivity index (χ1) is 13.3. The van der Waals surface area contributed by atoms with E-state index in [0.717, 1.165) is 11.1 Å². The number of hydrogen-bond acceptors (Lipinski definition) is 2. The van der Waals surface area contributed by atoms with Gasteiger partial charge in [-0.15, -0.1) is 0 Å². The van der Waals surface area contributed by atoms with Crippen LogP contribution in [0.25, 0.3) is 44.6 Å². The van der Waals surface area contributed by atoms with Crippen LogP contribution in [-0.4, -0.2) is 10.1 Å². The van der Waals surface area contributed by atoms with E-state index in [1.54, 1.807) is 6.07 Å². The zero-order chi connectivity index (χ0) is 18.2. The van der Waals surface area contributed by atoms with Crippen molar-refractivity contribution in [3.05, 3.63) is 96.2 Å². The number of phenols is 1. The first kappa shape index (κ1) is 15.6. The van der Waals surface area contributed by atoms with Crippen LogP contribution in [0.2, 0.25) is 0 Å². The summed E-state index contributed by atoms with van der Waals surface area (Å²) in [5, 5.41) is 15.9. The zero-order valence-corrected chi connectivity index (χ0v) is 14.6. The van der Waals surface area contributed by atoms with Gasteiger partial charge in [-0.1, -0.05) is 72.8 Å². The van der Waals surface area contributed by atoms with Crippen LogP contribution in [0.3, 0.4) is 0 Å². The number of pyridine rings is 1. The van der Waals surface area contributed by atoms with Gasteiger partial charge < -0.3 is 5.11 Å². The summed E-state index contributed by atoms with van der Waals surface area (Å²) in [6.45, 7) is 0. The SMILES string of the molecule is Oc1cccc2ccc(/C=C/c3c4ccccc4cc4ccccc34)nc12. The summed E-state index contributed by atoms with van der Waals surface area (Å²) in [4.78, 5) is 4.61. The fourth-order valence-electron chi connectivity index (χ4n) is 3.64. The largest absolute Gasteiger partial charge is 0.506 e. The first-order valence-electron chi connectivity index (χ1n) is 8.97. The van der Waals surface area contributed by atoms with E-state index in [9.17, 15) is 5.11 Å². The Balaban J connectivity index is 1.70. The summed E-state index contributed by atoms with van der Waals surface area (Å²) in [6, 6.07) is 28.5. The average Bonchev–Trinajstić information content (AvgIpc) is 2.71. The molecular formula is C25H17NO. The lowest BCUT2D eigenvalue weighted by atomic mass is 9.96. The van der Waals surface area contributed by atoms with Crippen LogP contribution >= 0.6 is 0 Å². The van der Waals surface area contributed by atoms with Gasteiger partial charge in [0.1, 0.15) is 11.3 Å². The Labute approximate surface area is 157 Å². The van der Waals surface area contributed by atoms with Crippen molar-refractivity contribution in [2.45, 2.75) is 0 Å². The van der Waals surface area contributed by atoms with Crippen LogP contribution in [0.4, 0.5) is 0 Å². The lowest BCUT2D eigenvalue weighted by Gasteiger charge is -2.08. The Morgan fingerprint density at radius 1 is 0.630 bits per heavy atom. The van der Waals surface area contributed by atoms with Crippen LogP contribution in [0.1, 0.15) is 11.3 Å². The molecule has 0 aliphatic rings. The minimum absolute atomic E-state index is 0.207. The van der Waals surface area contributed by atoms with Crippen molar-refractivity contribution in [2.24, 2.45) is 0 Å². The van der Waals surface area contributed by atoms with Crippen molar-refractivity contribution in [3.63, 3.8) is 0 Å². The molecule has 0 atom stereocenters. The normalized spacial score (nSPS) is 11.7. The van der Waals surface area contributed by atoms with Crippen LogP contribution in [-0.2, 0) is 0 Å². The second-order valence-electron chi connectivity index (χ2n) is 6.65. The molecule has 5 aromatic rings. The number of aromatic hydroxyl groups is 1. The number of rotatable bonds is 2. The van der Waals surface area contributed by atoms with E-state index in [1.165, 1.54) is 27.1 Å². The third-order valence-electron chi connectivity index (χ3n) is 4.95. The Bertz CT molecular complexity index is 1280. The van der Waals surface area contributed by atoms with Crippen LogP contribution in [0, 0.1) is 0 Å². The molecule has 2 heteroatoms. The third-order valence-corrected chi connectivity index (χ3v) is 4.95. The molecule has 2 nitrogen and oxygen atoms in total. The molecule has 0 fully saturated rings. The maximum Gasteiger partial charge on any atom is 0.141 e. The minimum atomic E-state index is 0.207. The summed E-state index contributed by atoms with van der Waals surface area (Å²) in [5.74, 6) is 0.207. The van der Waals surface area contributed by atoms with Crippen LogP contribution < -0.4 is 0 Å². The van der Waals surface area contributed by atoms with Gasteiger partial charge in [0.25, 0.3) is 0 Å². The Morgan fingerprint density at radius 3 is 2.04 bits per heavy atom. The zero-order valence-electron chi connectivity index (χ0n) is 14.6. The summed E-state index contributed by atoms with van der Waals surface area (Å²) >= 11 is 0. The number of fused-ring (bicyclic) bond motifs is 3. The molecule has 0 amide bonds. The number of nitrogens with zero attached hydrogens (tertiary/aromatic N) is 1. The van der Waals surface area contributed by atoms with Gasteiger partial charge in [-0.25, -0.2) is 4.98 Å². The van der Waals surface area contributed by atoms with Gasteiger partial charge in [0.15, 0.2) is 0 Å². The maximum atomic E-state index is 10.1. The summed E-state index contributed by atoms with van der Waals surface area (Å²) in [6.07, 6.45) is 4.14. The fourth-order valence-corrected chi connectivity index (χ4v) is 3.64. The number of para-hydroxylation sites is 1. The van der Waals surface area contributed by atoms with E-state index < -0.39 is 0 Å². The molecule has 1 heterocycles. The Kier molecular flexibility index (Phi) is 3.61. The monoisotopic (exact) mass is 347 g/mol. The molecule has 0 aliphatic heterocycles. The second kappa shape index (κ2) is 6.26. The molecule has 1 N–H and O–H groups in total. The highest BCUT2D eigenvalue weighted by molar-refractivity contribution is 6.07. The van der Waals surface area contributed by atoms with Crippen molar-refractivity contribution < 1.29 is 5.11 Å². The molecule has 0 aliphatic carbocycles. The molecule has 0 radical (unpaired) electrons. The molecule has 0 bridgehead atoms. The van der Waals surface area contributed by atoms with E-state index in [1.807, 2.05) is 30.3 Å². The lowest BCUT2D eigenvalue weighted by Crippen LogP contribution is -1.85. The molecule has 0 saturated heterocycles. The first-order valence-corrected chi connectivity index (χ1v) is 8.97. The molecule has 0 spiro atoms. The van der Waals surface area contributed by atoms with Gasteiger partial charge in [0.2, 0.25) is 0 Å². The Hall–Kier alpha value is -3.65. The van der Waals surface area contributed by atoms with Crippen molar-refractivity contribution >= 4 is 44.6 Å². The number of aromatic nitrogens is 1. The smallest absolute Gasteiger partial charge is 0.141 e. The predicted molar refractivity (Wildman–Crippen MR) is 114 cm³/mol. The summed E-state index contributed by atoms with van der Waals surface area (Å²) in [7, 11) is 0. The summed E-state index contributed by atoms with van der Waals surface area (Å²) in [5.41, 5.74) is 2.63. The van der Waals surface area contributed by atoms with E-state index in [-0.39, 0.29) is 5.75 Å². The lowest BCUT2D eigenvalue weighted by molar-refractivity contribution is 0.480. The second-order valence-corrected chi connectivity index (χ2v) is 6.65. The highest BCUT2D eigenvalue weighted by Gasteiger charge is 2.05. The highest BCUT2D eigenvalue weighted by Crippen LogP contribution is 2.30. The standard InChI is InChI=1S/C25H17NO/c27-24-11-5-8-17-12-13-20(26-25(17)24)14-15-23-21-9-3-1-6-18(21)16-19-7-2-4-10-22(19)23/h1-16,27H/b15-14+. The third kappa shape index (κ3) is 2.72. The van der Waals surface area contributed by atoms with E-state index in [2.05, 4.69) is 65.7 Å². The fraction of sp³-hybridized carbons (Fsp3) is 0. The molecule has 128 valence electrons. The molecule has 27 heavy (non-hydrogen) atoms. The predicted octanol–water partition coefficient (Wildman–Crippen LogP) is 6.42. The number of hydrogen-bond donors (Lipinski definition) is 1. The average molecular weight is 347 g/mol. The molecule has 5 rings (SSSR count). The van der Waals surface area contributed by atoms with Gasteiger partial charge >= 0.3 is 0 Å². The van der Waals surface area contributed by atoms with Gasteiger partial charge in [-0.3, -0.25) is 0 Å². The molecule has 0 unspecified atom stereocenters. The van der Waals surface area contributed by atoms with Crippen molar-refractivity contribution in [1.29, 1.82) is 0 Å². The van der Waals surface area contributed by atoms with Gasteiger partial charge in [0, 0.05) is 5.39 Å². The van der Waals surface area contributed by atoms with Crippen molar-refractivity contribution in [3.8, 4) is 5.75 Å². The molecule has 0 saturated carbocycles. The van der Waals surface area contributed by atoms with Crippen molar-refractivity contribution in [2.75, 3.05) is 0 Å². The van der Waals surface area contributed by atoms with E-state index >= 15 is 0 Å². The maximum absolute atomic E-state index is 10.1. The van der Waals surface area contributed by atoms with Crippen LogP contribution in [0.15, 0.2) is 84.9 Å². The van der Waals surface area contributed by atoms with E-state index in [4.69, 9.17) is 0 Å². The minimum Gasteiger partial charge on any atom is -0.506 e. The van der Waals surface area contributed by atoms with Gasteiger partial charge in [0.05, 0.1) is 5.69 Å². The summed E-state index contributed by atoms with van der Waals surface area (Å²) < 4.78 is 0. The number of phenolic OH excluding ortho intramolecular Hbond substituents is 1. The van der Waals surface area contributed by atoms with Gasteiger partial charge in [-0.05, 0) is 51.4 Å². The van der Waals surface area contributed by atoms with Gasteiger partial charge in [-0.2, -0.15) is 0 Å². The molecule has 1 aromatic heterocycles. The Morgan fingerprint density at radius 2 is 1.30 bits per heavy atom. The van der Waals surface area contributed by atoms with Crippen LogP contribution in [0.5, 0.6) is 5.75 Å². The highest BCUT2D eigenvalue weighted by atomic mass is 16.3. The molecular weight excluding hydrogens is 330 g/mol. The molecule has 4 aromatic carbocycles.